The van der Waals surface area contributed by atoms with Crippen LogP contribution in [0.3, 0.4) is 0 Å². The number of anilines is 1. The van der Waals surface area contributed by atoms with Gasteiger partial charge in [0.25, 0.3) is 0 Å². The highest BCUT2D eigenvalue weighted by atomic mass is 79.9. The number of nitrogens with one attached hydrogen (secondary N) is 2. The summed E-state index contributed by atoms with van der Waals surface area (Å²) in [5.41, 5.74) is -0.263. The molecule has 0 aliphatic heterocycles. The Morgan fingerprint density at radius 2 is 2.05 bits per heavy atom. The van der Waals surface area contributed by atoms with E-state index in [1.54, 1.807) is 39.2 Å². The summed E-state index contributed by atoms with van der Waals surface area (Å²) < 4.78 is 5.80. The summed E-state index contributed by atoms with van der Waals surface area (Å²) in [4.78, 5) is 22.5. The van der Waals surface area contributed by atoms with Crippen molar-refractivity contribution in [3.05, 3.63) is 22.7 Å². The summed E-state index contributed by atoms with van der Waals surface area (Å²) in [5.74, 6) is -0.315. The first kappa shape index (κ1) is 16.3. The third-order valence-electron chi connectivity index (χ3n) is 2.45. The van der Waals surface area contributed by atoms with Gasteiger partial charge in [-0.15, -0.1) is 0 Å². The predicted octanol–water partition coefficient (Wildman–Crippen LogP) is 2.83. The molecule has 1 aromatic rings. The van der Waals surface area contributed by atoms with Crippen LogP contribution in [0.4, 0.5) is 10.5 Å². The zero-order chi connectivity index (χ0) is 15.3. The number of rotatable bonds is 5. The molecule has 0 saturated carbocycles. The fourth-order valence-corrected chi connectivity index (χ4v) is 2.18. The van der Waals surface area contributed by atoms with Gasteiger partial charge < -0.3 is 20.5 Å². The molecule has 0 saturated heterocycles. The van der Waals surface area contributed by atoms with Gasteiger partial charge in [0.2, 0.25) is 0 Å². The van der Waals surface area contributed by atoms with Gasteiger partial charge in [-0.3, -0.25) is 4.79 Å². The number of carbonyl (C=O) groups is 2. The Morgan fingerprint density at radius 1 is 1.40 bits per heavy atom. The fourth-order valence-electron chi connectivity index (χ4n) is 1.64. The smallest absolute Gasteiger partial charge is 0.319 e. The predicted molar refractivity (Wildman–Crippen MR) is 79.2 cm³/mol. The summed E-state index contributed by atoms with van der Waals surface area (Å²) in [5, 5.41) is 14.0. The lowest BCUT2D eigenvalue weighted by Gasteiger charge is -2.24. The second kappa shape index (κ2) is 6.60. The van der Waals surface area contributed by atoms with Crippen molar-refractivity contribution >= 4 is 33.6 Å². The first-order chi connectivity index (χ1) is 9.23. The molecule has 0 aromatic heterocycles. The van der Waals surface area contributed by atoms with Gasteiger partial charge in [0.05, 0.1) is 18.0 Å². The quantitative estimate of drug-likeness (QED) is 0.766. The first-order valence-electron chi connectivity index (χ1n) is 5.88. The van der Waals surface area contributed by atoms with Crippen LogP contribution in [0.5, 0.6) is 5.75 Å². The topological polar surface area (TPSA) is 87.7 Å². The van der Waals surface area contributed by atoms with E-state index in [1.165, 1.54) is 0 Å². The van der Waals surface area contributed by atoms with Crippen LogP contribution in [0, 0.1) is 0 Å². The number of amides is 2. The van der Waals surface area contributed by atoms with Crippen LogP contribution in [0.15, 0.2) is 22.7 Å². The summed E-state index contributed by atoms with van der Waals surface area (Å²) >= 11 is 3.32. The van der Waals surface area contributed by atoms with Gasteiger partial charge >= 0.3 is 12.0 Å². The minimum atomic E-state index is -0.970. The number of urea groups is 1. The molecule has 20 heavy (non-hydrogen) atoms. The molecule has 1 rings (SSSR count). The first-order valence-corrected chi connectivity index (χ1v) is 6.67. The van der Waals surface area contributed by atoms with Crippen LogP contribution in [0.25, 0.3) is 0 Å². The molecule has 2 amide bonds. The van der Waals surface area contributed by atoms with Crippen molar-refractivity contribution in [2.75, 3.05) is 12.4 Å². The summed E-state index contributed by atoms with van der Waals surface area (Å²) in [7, 11) is 1.55. The van der Waals surface area contributed by atoms with Crippen LogP contribution < -0.4 is 15.4 Å². The number of carbonyl (C=O) groups excluding carboxylic acids is 1. The normalized spacial score (nSPS) is 10.8. The molecule has 1 aromatic carbocycles. The second-order valence-electron chi connectivity index (χ2n) is 4.88. The van der Waals surface area contributed by atoms with Gasteiger partial charge in [-0.1, -0.05) is 0 Å². The van der Waals surface area contributed by atoms with Crippen LogP contribution >= 0.6 is 15.9 Å². The van der Waals surface area contributed by atoms with Gasteiger partial charge in [-0.05, 0) is 48.0 Å². The number of ether oxygens (including phenoxy) is 1. The number of hydrogen-bond donors (Lipinski definition) is 3. The number of halogens is 1. The lowest BCUT2D eigenvalue weighted by molar-refractivity contribution is -0.138. The van der Waals surface area contributed by atoms with E-state index >= 15 is 0 Å². The Kier molecular flexibility index (Phi) is 5.38. The second-order valence-corrected chi connectivity index (χ2v) is 5.74. The molecule has 0 fully saturated rings. The van der Waals surface area contributed by atoms with Crippen molar-refractivity contribution in [1.29, 1.82) is 0 Å². The monoisotopic (exact) mass is 344 g/mol. The third-order valence-corrected chi connectivity index (χ3v) is 3.07. The lowest BCUT2D eigenvalue weighted by Crippen LogP contribution is -2.46. The number of methoxy groups -OCH3 is 1. The maximum atomic E-state index is 11.8. The number of benzene rings is 1. The van der Waals surface area contributed by atoms with Crippen LogP contribution in [-0.2, 0) is 4.79 Å². The van der Waals surface area contributed by atoms with Crippen LogP contribution in [0.1, 0.15) is 20.3 Å². The van der Waals surface area contributed by atoms with E-state index in [0.717, 1.165) is 0 Å². The Labute approximate surface area is 125 Å². The van der Waals surface area contributed by atoms with Gasteiger partial charge in [0, 0.05) is 11.2 Å². The van der Waals surface area contributed by atoms with Crippen molar-refractivity contribution in [3.8, 4) is 5.75 Å². The Morgan fingerprint density at radius 3 is 2.55 bits per heavy atom. The minimum absolute atomic E-state index is 0.160. The molecule has 0 atom stereocenters. The number of hydrogen-bond acceptors (Lipinski definition) is 3. The van der Waals surface area contributed by atoms with Crippen molar-refractivity contribution in [2.45, 2.75) is 25.8 Å². The standard InChI is InChI=1S/C13H17BrN2O4/c1-13(2,7-11(17)18)16-12(19)15-8-4-5-10(20-3)9(14)6-8/h4-6H,7H2,1-3H3,(H,17,18)(H2,15,16,19). The van der Waals surface area contributed by atoms with E-state index < -0.39 is 17.5 Å². The molecule has 0 aliphatic carbocycles. The fraction of sp³-hybridized carbons (Fsp3) is 0.385. The molecule has 7 heteroatoms. The molecule has 0 heterocycles. The zero-order valence-electron chi connectivity index (χ0n) is 11.5. The van der Waals surface area contributed by atoms with Gasteiger partial charge in [-0.2, -0.15) is 0 Å². The van der Waals surface area contributed by atoms with E-state index in [4.69, 9.17) is 9.84 Å². The van der Waals surface area contributed by atoms with Gasteiger partial charge in [0.1, 0.15) is 5.75 Å². The molecular formula is C13H17BrN2O4. The van der Waals surface area contributed by atoms with Crippen LogP contribution in [0.2, 0.25) is 0 Å². The number of carboxylic acid groups (broad SMARTS) is 1. The van der Waals surface area contributed by atoms with Gasteiger partial charge in [-0.25, -0.2) is 4.79 Å². The minimum Gasteiger partial charge on any atom is -0.496 e. The molecule has 3 N–H and O–H groups in total. The van der Waals surface area contributed by atoms with E-state index in [2.05, 4.69) is 26.6 Å². The van der Waals surface area contributed by atoms with Crippen molar-refractivity contribution < 1.29 is 19.4 Å². The van der Waals surface area contributed by atoms with E-state index in [-0.39, 0.29) is 6.42 Å². The molecule has 110 valence electrons. The Balaban J connectivity index is 2.67. The lowest BCUT2D eigenvalue weighted by atomic mass is 10.0. The SMILES string of the molecule is COc1ccc(NC(=O)NC(C)(C)CC(=O)O)cc1Br. The summed E-state index contributed by atoms with van der Waals surface area (Å²) in [6.45, 7) is 3.29. The molecule has 6 nitrogen and oxygen atoms in total. The van der Waals surface area contributed by atoms with Crippen molar-refractivity contribution in [1.82, 2.24) is 5.32 Å². The third kappa shape index (κ3) is 5.08. The van der Waals surface area contributed by atoms with Crippen molar-refractivity contribution in [2.24, 2.45) is 0 Å². The molecule has 0 spiro atoms. The zero-order valence-corrected chi connectivity index (χ0v) is 13.1. The summed E-state index contributed by atoms with van der Waals surface area (Å²) in [6, 6.07) is 4.63. The average molecular weight is 345 g/mol. The molecule has 0 unspecified atom stereocenters. The molecular weight excluding hydrogens is 328 g/mol. The van der Waals surface area contributed by atoms with Gasteiger partial charge in [0.15, 0.2) is 0 Å². The van der Waals surface area contributed by atoms with Crippen LogP contribution in [-0.4, -0.2) is 29.8 Å². The highest BCUT2D eigenvalue weighted by molar-refractivity contribution is 9.10. The van der Waals surface area contributed by atoms with Crippen molar-refractivity contribution in [3.63, 3.8) is 0 Å². The Hall–Kier alpha value is -1.76. The summed E-state index contributed by atoms with van der Waals surface area (Å²) in [6.07, 6.45) is -0.160. The van der Waals surface area contributed by atoms with E-state index in [1.807, 2.05) is 0 Å². The highest BCUT2D eigenvalue weighted by Gasteiger charge is 2.23. The highest BCUT2D eigenvalue weighted by Crippen LogP contribution is 2.27. The number of carboxylic acids is 1. The van der Waals surface area contributed by atoms with E-state index in [0.29, 0.717) is 15.9 Å². The largest absolute Gasteiger partial charge is 0.496 e. The molecule has 0 radical (unpaired) electrons. The number of aliphatic carboxylic acids is 1. The van der Waals surface area contributed by atoms with E-state index in [9.17, 15) is 9.59 Å². The molecule has 0 bridgehead atoms. The molecule has 0 aliphatic rings. The maximum Gasteiger partial charge on any atom is 0.319 e. The average Bonchev–Trinajstić information content (AvgIpc) is 2.25. The Bertz CT molecular complexity index is 517. The maximum absolute atomic E-state index is 11.8.